The Morgan fingerprint density at radius 2 is 0.869 bits per heavy atom. The van der Waals surface area contributed by atoms with Crippen LogP contribution in [0.1, 0.15) is 123 Å². The summed E-state index contributed by atoms with van der Waals surface area (Å²) < 4.78 is 28.0. The Morgan fingerprint density at radius 3 is 1.23 bits per heavy atom. The molecule has 1 heterocycles. The molecule has 1 atom stereocenters. The lowest BCUT2D eigenvalue weighted by Crippen LogP contribution is -2.53. The number of ether oxygens (including phenoxy) is 5. The minimum atomic E-state index is -0.857. The van der Waals surface area contributed by atoms with Crippen molar-refractivity contribution in [1.82, 2.24) is 30.4 Å². The lowest BCUT2D eigenvalue weighted by molar-refractivity contribution is -0.163. The Morgan fingerprint density at radius 1 is 0.508 bits per heavy atom. The topological polar surface area (TPSA) is 195 Å². The fraction of sp³-hybridized carbons (Fsp3) is 0.860. The van der Waals surface area contributed by atoms with E-state index in [2.05, 4.69) is 10.8 Å². The van der Waals surface area contributed by atoms with Gasteiger partial charge in [-0.1, -0.05) is 0 Å². The van der Waals surface area contributed by atoms with Crippen LogP contribution in [0, 0.1) is 0 Å². The van der Waals surface area contributed by atoms with Gasteiger partial charge in [0.2, 0.25) is 5.91 Å². The Hall–Kier alpha value is -3.58. The maximum atomic E-state index is 14.0. The Labute approximate surface area is 365 Å². The number of carbonyl (C=O) groups is 6. The van der Waals surface area contributed by atoms with Crippen molar-refractivity contribution in [1.29, 1.82) is 0 Å². The van der Waals surface area contributed by atoms with Gasteiger partial charge in [0.1, 0.15) is 34.0 Å². The van der Waals surface area contributed by atoms with E-state index < -0.39 is 64.0 Å². The summed E-state index contributed by atoms with van der Waals surface area (Å²) in [5, 5.41) is 2.84. The van der Waals surface area contributed by atoms with Gasteiger partial charge in [-0.05, 0) is 117 Å². The quantitative estimate of drug-likeness (QED) is 0.0986. The first-order chi connectivity index (χ1) is 27.8. The van der Waals surface area contributed by atoms with Crippen LogP contribution in [0.5, 0.6) is 0 Å². The Bertz CT molecular complexity index is 1360. The number of hydrogen-bond donors (Lipinski definition) is 2. The molecule has 1 saturated heterocycles. The van der Waals surface area contributed by atoms with Gasteiger partial charge in [0.15, 0.2) is 0 Å². The van der Waals surface area contributed by atoms with Crippen LogP contribution in [0.25, 0.3) is 0 Å². The van der Waals surface area contributed by atoms with Gasteiger partial charge >= 0.3 is 30.0 Å². The number of amides is 2. The highest BCUT2D eigenvalue weighted by molar-refractivity contribution is 5.79. The lowest BCUT2D eigenvalue weighted by atomic mass is 10.1. The van der Waals surface area contributed by atoms with E-state index in [-0.39, 0.29) is 51.5 Å². The van der Waals surface area contributed by atoms with Crippen LogP contribution in [0.3, 0.4) is 0 Å². The molecule has 0 aliphatic carbocycles. The van der Waals surface area contributed by atoms with Crippen molar-refractivity contribution in [3.8, 4) is 0 Å². The zero-order chi connectivity index (χ0) is 46.8. The number of rotatable bonds is 16. The zero-order valence-electron chi connectivity index (χ0n) is 40.1. The molecular formula is C43H80N6O12. The highest BCUT2D eigenvalue weighted by Gasteiger charge is 2.33. The largest absolute Gasteiger partial charge is 0.459 e. The molecule has 0 spiro atoms. The molecule has 61 heavy (non-hydrogen) atoms. The van der Waals surface area contributed by atoms with Crippen LogP contribution in [0.2, 0.25) is 0 Å². The highest BCUT2D eigenvalue weighted by Crippen LogP contribution is 2.18. The van der Waals surface area contributed by atoms with Gasteiger partial charge in [0, 0.05) is 65.3 Å². The maximum Gasteiger partial charge on any atom is 0.431 e. The zero-order valence-corrected chi connectivity index (χ0v) is 40.1. The molecule has 18 heteroatoms. The number of nitrogens with one attached hydrogen (secondary N) is 2. The molecule has 0 aromatic rings. The predicted molar refractivity (Wildman–Crippen MR) is 230 cm³/mol. The molecule has 0 aromatic heterocycles. The summed E-state index contributed by atoms with van der Waals surface area (Å²) in [5.74, 6) is -2.02. The third kappa shape index (κ3) is 29.4. The monoisotopic (exact) mass is 873 g/mol. The molecule has 1 aliphatic rings. The van der Waals surface area contributed by atoms with Gasteiger partial charge in [-0.3, -0.25) is 48.4 Å². The van der Waals surface area contributed by atoms with Crippen LogP contribution in [-0.2, 0) is 52.5 Å². The SMILES string of the molecule is CC(C)(C)OC(=O)CN1CCN(CC(=O)OC(C)(C)C)CCN(C(CCC(=O)NCCCONC(=O)OC(C)(C)C)C(=O)OC(C)(C)C)CCN(CC(=O)OC(C)(C)C)CC1. The van der Waals surface area contributed by atoms with Crippen LogP contribution in [-0.4, -0.2) is 175 Å². The molecule has 18 nitrogen and oxygen atoms in total. The van der Waals surface area contributed by atoms with E-state index in [1.54, 1.807) is 83.1 Å². The summed E-state index contributed by atoms with van der Waals surface area (Å²) in [5.41, 5.74) is -1.37. The number of carbonyl (C=O) groups excluding carboxylic acids is 6. The normalized spacial score (nSPS) is 16.9. The summed E-state index contributed by atoms with van der Waals surface area (Å²) in [7, 11) is 0. The van der Waals surface area contributed by atoms with Crippen molar-refractivity contribution in [2.45, 2.75) is 157 Å². The summed E-state index contributed by atoms with van der Waals surface area (Å²) >= 11 is 0. The minimum absolute atomic E-state index is 0.000294. The first-order valence-corrected chi connectivity index (χ1v) is 21.5. The first-order valence-electron chi connectivity index (χ1n) is 21.5. The van der Waals surface area contributed by atoms with E-state index in [1.807, 2.05) is 40.4 Å². The molecular weight excluding hydrogens is 793 g/mol. The molecule has 2 N–H and O–H groups in total. The van der Waals surface area contributed by atoms with Crippen LogP contribution < -0.4 is 10.8 Å². The van der Waals surface area contributed by atoms with E-state index in [0.29, 0.717) is 58.8 Å². The van der Waals surface area contributed by atoms with Gasteiger partial charge < -0.3 is 29.0 Å². The van der Waals surface area contributed by atoms with Gasteiger partial charge in [0.05, 0.1) is 26.2 Å². The highest BCUT2D eigenvalue weighted by atomic mass is 16.7. The smallest absolute Gasteiger partial charge is 0.431 e. The molecule has 0 saturated carbocycles. The Balaban J connectivity index is 3.39. The second-order valence-electron chi connectivity index (χ2n) is 20.4. The van der Waals surface area contributed by atoms with Crippen molar-refractivity contribution in [2.75, 3.05) is 85.1 Å². The number of esters is 4. The number of hydroxylamine groups is 1. The van der Waals surface area contributed by atoms with Crippen LogP contribution in [0.4, 0.5) is 4.79 Å². The molecule has 354 valence electrons. The third-order valence-electron chi connectivity index (χ3n) is 8.25. The summed E-state index contributed by atoms with van der Waals surface area (Å²) in [6.07, 6.45) is -0.189. The summed E-state index contributed by atoms with van der Waals surface area (Å²) in [6, 6.07) is -0.857. The summed E-state index contributed by atoms with van der Waals surface area (Å²) in [4.78, 5) is 91.3. The predicted octanol–water partition coefficient (Wildman–Crippen LogP) is 3.69. The molecule has 2 amide bonds. The van der Waals surface area contributed by atoms with E-state index in [1.165, 1.54) is 0 Å². The van der Waals surface area contributed by atoms with Gasteiger partial charge in [-0.2, -0.15) is 5.48 Å². The average molecular weight is 873 g/mol. The van der Waals surface area contributed by atoms with Gasteiger partial charge in [-0.25, -0.2) is 4.79 Å². The van der Waals surface area contributed by atoms with Gasteiger partial charge in [-0.15, -0.1) is 0 Å². The molecule has 1 aliphatic heterocycles. The molecule has 1 rings (SSSR count). The fourth-order valence-electron chi connectivity index (χ4n) is 5.96. The second-order valence-corrected chi connectivity index (χ2v) is 20.4. The van der Waals surface area contributed by atoms with Crippen LogP contribution in [0.15, 0.2) is 0 Å². The van der Waals surface area contributed by atoms with Crippen molar-refractivity contribution in [2.24, 2.45) is 0 Å². The van der Waals surface area contributed by atoms with Crippen molar-refractivity contribution in [3.05, 3.63) is 0 Å². The minimum Gasteiger partial charge on any atom is -0.459 e. The van der Waals surface area contributed by atoms with E-state index in [4.69, 9.17) is 28.5 Å². The number of nitrogens with zero attached hydrogens (tertiary/aromatic N) is 4. The molecule has 0 aromatic carbocycles. The first kappa shape index (κ1) is 55.4. The molecule has 0 bridgehead atoms. The van der Waals surface area contributed by atoms with E-state index in [0.717, 1.165) is 0 Å². The average Bonchev–Trinajstić information content (AvgIpc) is 3.02. The fourth-order valence-corrected chi connectivity index (χ4v) is 5.96. The van der Waals surface area contributed by atoms with Crippen molar-refractivity contribution < 1.29 is 57.3 Å². The molecule has 1 unspecified atom stereocenters. The molecule has 0 radical (unpaired) electrons. The van der Waals surface area contributed by atoms with E-state index in [9.17, 15) is 28.8 Å². The summed E-state index contributed by atoms with van der Waals surface area (Å²) in [6.45, 7) is 29.9. The van der Waals surface area contributed by atoms with E-state index >= 15 is 0 Å². The van der Waals surface area contributed by atoms with Crippen molar-refractivity contribution in [3.63, 3.8) is 0 Å². The standard InChI is InChI=1S/C43H80N6O12/c1-39(2,3)57-34(51)29-46-20-22-47(30-35(52)58-40(4,5)6)24-26-49(27-25-48(23-21-46)31-36(53)59-41(7,8)9)32(37(54)60-42(10,11)12)17-18-33(50)44-19-16-28-56-45-38(55)61-43(13,14)15/h32H,16-31H2,1-15H3,(H,44,50)(H,45,55). The van der Waals surface area contributed by atoms with Gasteiger partial charge in [0.25, 0.3) is 0 Å². The maximum absolute atomic E-state index is 14.0. The molecule has 1 fully saturated rings. The third-order valence-corrected chi connectivity index (χ3v) is 8.25. The Kier molecular flexibility index (Phi) is 22.6. The second kappa shape index (κ2) is 24.9. The van der Waals surface area contributed by atoms with Crippen LogP contribution >= 0.6 is 0 Å². The lowest BCUT2D eigenvalue weighted by Gasteiger charge is -2.37. The van der Waals surface area contributed by atoms with Crippen molar-refractivity contribution >= 4 is 35.9 Å². The number of hydrogen-bond acceptors (Lipinski definition) is 16.